The van der Waals surface area contributed by atoms with Crippen molar-refractivity contribution in [2.45, 2.75) is 12.7 Å². The first kappa shape index (κ1) is 9.12. The SMILES string of the molecule is O=NS/C1=C/C=CC(F)N=CC1. The number of nitrogens with zero attached hydrogens (tertiary/aromatic N) is 2. The number of allylic oxidation sites excluding steroid dienone is 3. The lowest BCUT2D eigenvalue weighted by Crippen LogP contribution is -1.92. The predicted octanol–water partition coefficient (Wildman–Crippen LogP) is 2.61. The molecule has 0 aromatic carbocycles. The van der Waals surface area contributed by atoms with E-state index in [0.717, 1.165) is 16.9 Å². The second-order valence-electron chi connectivity index (χ2n) is 2.09. The summed E-state index contributed by atoms with van der Waals surface area (Å²) in [5.74, 6) is 0. The van der Waals surface area contributed by atoms with Gasteiger partial charge in [0.1, 0.15) is 0 Å². The molecule has 1 atom stereocenters. The highest BCUT2D eigenvalue weighted by atomic mass is 32.2. The molecule has 3 nitrogen and oxygen atoms in total. The van der Waals surface area contributed by atoms with Crippen LogP contribution in [0.4, 0.5) is 4.39 Å². The summed E-state index contributed by atoms with van der Waals surface area (Å²) in [6, 6.07) is 0. The summed E-state index contributed by atoms with van der Waals surface area (Å²) >= 11 is 0.842. The third-order valence-electron chi connectivity index (χ3n) is 1.25. The topological polar surface area (TPSA) is 41.8 Å². The van der Waals surface area contributed by atoms with Crippen molar-refractivity contribution in [1.29, 1.82) is 0 Å². The lowest BCUT2D eigenvalue weighted by atomic mass is 10.3. The van der Waals surface area contributed by atoms with Crippen molar-refractivity contribution in [2.75, 3.05) is 0 Å². The second-order valence-corrected chi connectivity index (χ2v) is 2.95. The van der Waals surface area contributed by atoms with E-state index >= 15 is 0 Å². The van der Waals surface area contributed by atoms with Crippen molar-refractivity contribution in [1.82, 2.24) is 0 Å². The molecule has 0 aromatic heterocycles. The first-order chi connectivity index (χ1) is 5.83. The van der Waals surface area contributed by atoms with Gasteiger partial charge in [-0.15, -0.1) is 4.91 Å². The van der Waals surface area contributed by atoms with Gasteiger partial charge in [0.15, 0.2) is 0 Å². The third-order valence-corrected chi connectivity index (χ3v) is 1.86. The summed E-state index contributed by atoms with van der Waals surface area (Å²) in [5.41, 5.74) is 0. The minimum absolute atomic E-state index is 0.459. The normalized spacial score (nSPS) is 27.1. The van der Waals surface area contributed by atoms with Crippen LogP contribution in [0.5, 0.6) is 0 Å². The molecule has 0 fully saturated rings. The highest BCUT2D eigenvalue weighted by Crippen LogP contribution is 2.20. The van der Waals surface area contributed by atoms with Gasteiger partial charge in [-0.3, -0.25) is 4.99 Å². The van der Waals surface area contributed by atoms with Crippen LogP contribution in [0.1, 0.15) is 6.42 Å². The summed E-state index contributed by atoms with van der Waals surface area (Å²) in [6.45, 7) is 0. The van der Waals surface area contributed by atoms with Crippen LogP contribution in [0.3, 0.4) is 0 Å². The third kappa shape index (κ3) is 2.96. The van der Waals surface area contributed by atoms with E-state index < -0.39 is 6.30 Å². The molecular formula is C7H7FN2OS. The Morgan fingerprint density at radius 1 is 1.75 bits per heavy atom. The fraction of sp³-hybridized carbons (Fsp3) is 0.286. The van der Waals surface area contributed by atoms with Gasteiger partial charge in [0.25, 0.3) is 0 Å². The maximum absolute atomic E-state index is 12.5. The summed E-state index contributed by atoms with van der Waals surface area (Å²) < 4.78 is 15.2. The number of aliphatic imine (C=N–C) groups is 1. The molecule has 0 radical (unpaired) electrons. The molecule has 0 aliphatic carbocycles. The van der Waals surface area contributed by atoms with E-state index in [4.69, 9.17) is 0 Å². The Labute approximate surface area is 73.6 Å². The molecular weight excluding hydrogens is 179 g/mol. The molecule has 0 saturated heterocycles. The van der Waals surface area contributed by atoms with Gasteiger partial charge in [-0.1, -0.05) is 12.2 Å². The van der Waals surface area contributed by atoms with Gasteiger partial charge < -0.3 is 0 Å². The van der Waals surface area contributed by atoms with E-state index in [1.807, 2.05) is 0 Å². The molecule has 12 heavy (non-hydrogen) atoms. The van der Waals surface area contributed by atoms with E-state index in [-0.39, 0.29) is 0 Å². The van der Waals surface area contributed by atoms with Crippen molar-refractivity contribution in [3.05, 3.63) is 28.0 Å². The van der Waals surface area contributed by atoms with E-state index in [1.165, 1.54) is 18.4 Å². The molecule has 1 unspecified atom stereocenters. The molecule has 5 heteroatoms. The maximum Gasteiger partial charge on any atom is 0.208 e. The van der Waals surface area contributed by atoms with Crippen LogP contribution in [0.25, 0.3) is 0 Å². The lowest BCUT2D eigenvalue weighted by molar-refractivity contribution is 0.416. The lowest BCUT2D eigenvalue weighted by Gasteiger charge is -1.99. The van der Waals surface area contributed by atoms with Crippen molar-refractivity contribution in [3.63, 3.8) is 0 Å². The zero-order valence-corrected chi connectivity index (χ0v) is 7.00. The molecule has 0 spiro atoms. The molecule has 0 aromatic rings. The van der Waals surface area contributed by atoms with Gasteiger partial charge in [0.05, 0.1) is 11.9 Å². The molecule has 1 aliphatic heterocycles. The Morgan fingerprint density at radius 2 is 2.58 bits per heavy atom. The summed E-state index contributed by atoms with van der Waals surface area (Å²) in [5, 5.41) is 0. The van der Waals surface area contributed by atoms with Gasteiger partial charge in [0.2, 0.25) is 6.30 Å². The molecule has 0 saturated carbocycles. The second kappa shape index (κ2) is 4.82. The molecule has 0 N–H and O–H groups in total. The Kier molecular flexibility index (Phi) is 3.66. The number of alkyl halides is 1. The van der Waals surface area contributed by atoms with Gasteiger partial charge >= 0.3 is 0 Å². The highest BCUT2D eigenvalue weighted by molar-refractivity contribution is 8.01. The number of rotatable bonds is 2. The minimum Gasteiger partial charge on any atom is -0.257 e. The molecule has 1 aliphatic rings. The minimum atomic E-state index is -1.27. The Bertz CT molecular complexity index is 250. The first-order valence-corrected chi connectivity index (χ1v) is 4.13. The van der Waals surface area contributed by atoms with Crippen molar-refractivity contribution in [3.8, 4) is 0 Å². The Hall–Kier alpha value is -0.970. The quantitative estimate of drug-likeness (QED) is 0.378. The van der Waals surface area contributed by atoms with Crippen LogP contribution in [-0.2, 0) is 0 Å². The Balaban J connectivity index is 2.66. The summed E-state index contributed by atoms with van der Waals surface area (Å²) in [7, 11) is 0. The largest absolute Gasteiger partial charge is 0.257 e. The number of nitroso groups, excluding NO2 is 1. The van der Waals surface area contributed by atoms with Gasteiger partial charge in [0, 0.05) is 22.1 Å². The van der Waals surface area contributed by atoms with Crippen LogP contribution < -0.4 is 0 Å². The average Bonchev–Trinajstić information content (AvgIpc) is 2.00. The summed E-state index contributed by atoms with van der Waals surface area (Å²) in [6.07, 6.45) is 5.13. The van der Waals surface area contributed by atoms with E-state index in [1.54, 1.807) is 6.08 Å². The van der Waals surface area contributed by atoms with Crippen LogP contribution in [0.15, 0.2) is 32.7 Å². The van der Waals surface area contributed by atoms with Crippen molar-refractivity contribution in [2.24, 2.45) is 9.57 Å². The van der Waals surface area contributed by atoms with Crippen molar-refractivity contribution >= 4 is 18.2 Å². The number of halogens is 1. The van der Waals surface area contributed by atoms with Crippen LogP contribution in [-0.4, -0.2) is 12.5 Å². The van der Waals surface area contributed by atoms with Crippen LogP contribution in [0, 0.1) is 4.91 Å². The molecule has 0 amide bonds. The molecule has 1 heterocycles. The zero-order valence-electron chi connectivity index (χ0n) is 6.18. The van der Waals surface area contributed by atoms with Crippen molar-refractivity contribution < 1.29 is 4.39 Å². The standard InChI is InChI=1S/C7H7FN2OS/c8-7-3-1-2-6(12-10-11)4-5-9-7/h1-3,5,7H,4H2/b3-1?,6-2+,9-5?. The fourth-order valence-electron chi connectivity index (χ4n) is 0.731. The smallest absolute Gasteiger partial charge is 0.208 e. The van der Waals surface area contributed by atoms with E-state index in [9.17, 15) is 9.30 Å². The zero-order chi connectivity index (χ0) is 8.81. The molecule has 1 rings (SSSR count). The Morgan fingerprint density at radius 3 is 3.33 bits per heavy atom. The average molecular weight is 186 g/mol. The number of hydrogen-bond acceptors (Lipinski definition) is 4. The molecule has 64 valence electrons. The monoisotopic (exact) mass is 186 g/mol. The van der Waals surface area contributed by atoms with E-state index in [0.29, 0.717) is 6.42 Å². The molecule has 0 bridgehead atoms. The highest BCUT2D eigenvalue weighted by Gasteiger charge is 2.00. The van der Waals surface area contributed by atoms with E-state index in [2.05, 4.69) is 9.57 Å². The van der Waals surface area contributed by atoms with Gasteiger partial charge in [-0.25, -0.2) is 4.39 Å². The fourth-order valence-corrected chi connectivity index (χ4v) is 1.12. The summed E-state index contributed by atoms with van der Waals surface area (Å²) in [4.78, 5) is 14.2. The first-order valence-electron chi connectivity index (χ1n) is 3.35. The van der Waals surface area contributed by atoms with Gasteiger partial charge in [-0.2, -0.15) is 0 Å². The van der Waals surface area contributed by atoms with Crippen LogP contribution >= 0.6 is 11.9 Å². The van der Waals surface area contributed by atoms with Crippen LogP contribution in [0.2, 0.25) is 0 Å². The van der Waals surface area contributed by atoms with Gasteiger partial charge in [-0.05, 0) is 6.08 Å². The number of hydrogen-bond donors (Lipinski definition) is 0. The maximum atomic E-state index is 12.5. The predicted molar refractivity (Wildman–Crippen MR) is 48.6 cm³/mol.